The maximum atomic E-state index is 13.2. The Morgan fingerprint density at radius 3 is 0.881 bits per heavy atom. The number of amides is 4. The van der Waals surface area contributed by atoms with Crippen LogP contribution in [-0.4, -0.2) is 142 Å². The van der Waals surface area contributed by atoms with Crippen LogP contribution in [0.5, 0.6) is 0 Å². The predicted octanol–water partition coefficient (Wildman–Crippen LogP) is 25.3. The molecule has 700 valence electrons. The second-order valence-corrected chi connectivity index (χ2v) is 38.1. The van der Waals surface area contributed by atoms with Crippen LogP contribution in [0.25, 0.3) is 0 Å². The summed E-state index contributed by atoms with van der Waals surface area (Å²) >= 11 is 57.5. The van der Waals surface area contributed by atoms with Crippen LogP contribution in [0.1, 0.15) is 126 Å². The molecule has 12 aromatic carbocycles. The molecule has 4 aliphatic rings. The molecule has 0 radical (unpaired) electrons. The lowest BCUT2D eigenvalue weighted by atomic mass is 9.99. The summed E-state index contributed by atoms with van der Waals surface area (Å²) in [7, 11) is 0. The van der Waals surface area contributed by atoms with Crippen molar-refractivity contribution in [2.75, 3.05) is 98.1 Å². The molecule has 0 saturated carbocycles. The van der Waals surface area contributed by atoms with Crippen LogP contribution in [0, 0.1) is 27.7 Å². The van der Waals surface area contributed by atoms with Gasteiger partial charge in [-0.15, -0.1) is 0 Å². The topological polar surface area (TPSA) is 175 Å². The molecule has 4 aliphatic heterocycles. The molecule has 16 nitrogen and oxygen atoms in total. The number of benzene rings is 12. The average molecular weight is 2120 g/mol. The van der Waals surface area contributed by atoms with Gasteiger partial charge in [0.1, 0.15) is 0 Å². The van der Waals surface area contributed by atoms with Crippen molar-refractivity contribution in [3.63, 3.8) is 0 Å². The third-order valence-electron chi connectivity index (χ3n) is 23.8. The lowest BCUT2D eigenvalue weighted by Gasteiger charge is -2.44. The van der Waals surface area contributed by atoms with Gasteiger partial charge in [0.2, 0.25) is 0 Å². The first-order valence-corrected chi connectivity index (χ1v) is 47.2. The minimum Gasteiger partial charge on any atom is -0.378 e. The van der Waals surface area contributed by atoms with Gasteiger partial charge in [0, 0.05) is 113 Å². The van der Waals surface area contributed by atoms with E-state index in [1.807, 2.05) is 204 Å². The molecule has 0 spiro atoms. The van der Waals surface area contributed by atoms with Crippen molar-refractivity contribution in [2.45, 2.75) is 88.6 Å². The molecule has 4 N–H and O–H groups in total. The molecule has 4 heterocycles. The highest BCUT2D eigenvalue weighted by molar-refractivity contribution is 9.10. The lowest BCUT2D eigenvalue weighted by Crippen LogP contribution is -2.51. The van der Waals surface area contributed by atoms with Crippen LogP contribution < -0.4 is 19.6 Å². The van der Waals surface area contributed by atoms with Crippen molar-refractivity contribution in [2.24, 2.45) is 0 Å². The monoisotopic (exact) mass is 2110 g/mol. The summed E-state index contributed by atoms with van der Waals surface area (Å²) < 4.78 is 79.5. The first kappa shape index (κ1) is 102. The van der Waals surface area contributed by atoms with E-state index in [1.165, 1.54) is 21.9 Å². The molecule has 8 atom stereocenters. The highest BCUT2D eigenvalue weighted by Crippen LogP contribution is 2.44. The number of anilines is 4. The van der Waals surface area contributed by atoms with Gasteiger partial charge < -0.3 is 59.6 Å². The largest absolute Gasteiger partial charge is 0.416 e. The molecule has 0 aromatic heterocycles. The molecule has 4 fully saturated rings. The van der Waals surface area contributed by atoms with Crippen molar-refractivity contribution in [3.05, 3.63) is 394 Å². The summed E-state index contributed by atoms with van der Waals surface area (Å²) in [6, 6.07) is 75.1. The minimum absolute atomic E-state index is 0.100. The molecule has 0 aliphatic carbocycles. The van der Waals surface area contributed by atoms with Crippen LogP contribution in [0.2, 0.25) is 40.2 Å². The second-order valence-electron chi connectivity index (χ2n) is 32.9. The standard InChI is InChI=1S/2C26H23Cl2F3N2O2.2C25H23BrCl2N2O2/c1-16-2-11-22(21(28)14-16)33-13-12-32(15-23(33)17-5-9-20(27)10-6-17)25(35)24(34)18-3-7-19(8-4-18)26(29,30)31;1-16-5-10-22(21(28)13-16)33-12-11-32(15-23(33)17-6-8-20(27)9-7-17)25(35)24(34)18-3-2-4-19(14-18)26(29,30)31;1-16-5-10-22(21(28)13-16)30-12-11-29(15-23(30)17-6-8-20(27)9-7-17)25(32)24(31)18-3-2-4-19(26)14-18;1-16-6-11-22(21(28)14-16)30-13-12-29(15-23(30)17-7-9-18(27)10-8-17)25(32)24(31)19-4-2-3-5-20(19)26/h2-11,14,23-24,34H,12-13,15H2,1H3;2-10,13-14,23-24,34H,11-12,15H2,1H3;2-10,13-14,23-24,31H,11-12,15H2,1H3;2-11,14,23-24,31H,12-13,15H2,1H3/t4*23-,24?/m0000/s1. The van der Waals surface area contributed by atoms with Gasteiger partial charge in [-0.25, -0.2) is 0 Å². The van der Waals surface area contributed by atoms with Crippen LogP contribution in [-0.2, 0) is 31.5 Å². The maximum absolute atomic E-state index is 13.2. The van der Waals surface area contributed by atoms with Crippen LogP contribution in [0.3, 0.4) is 0 Å². The van der Waals surface area contributed by atoms with Gasteiger partial charge in [-0.3, -0.25) is 19.2 Å². The van der Waals surface area contributed by atoms with Crippen molar-refractivity contribution in [1.29, 1.82) is 0 Å². The summed E-state index contributed by atoms with van der Waals surface area (Å²) in [6.07, 6.45) is -14.8. The highest BCUT2D eigenvalue weighted by atomic mass is 79.9. The summed E-state index contributed by atoms with van der Waals surface area (Å²) in [4.78, 5) is 67.8. The van der Waals surface area contributed by atoms with E-state index in [1.54, 1.807) is 52.3 Å². The summed E-state index contributed by atoms with van der Waals surface area (Å²) in [5.41, 5.74) is 10.9. The normalized spacial score (nSPS) is 17.4. The Morgan fingerprint density at radius 2 is 0.590 bits per heavy atom. The van der Waals surface area contributed by atoms with E-state index in [-0.39, 0.29) is 66.7 Å². The van der Waals surface area contributed by atoms with E-state index >= 15 is 0 Å². The van der Waals surface area contributed by atoms with Gasteiger partial charge in [-0.2, -0.15) is 26.3 Å². The van der Waals surface area contributed by atoms with Gasteiger partial charge >= 0.3 is 12.4 Å². The average Bonchev–Trinajstić information content (AvgIpc) is 0.790. The van der Waals surface area contributed by atoms with E-state index in [9.17, 15) is 65.9 Å². The summed E-state index contributed by atoms with van der Waals surface area (Å²) in [6.45, 7) is 12.8. The molecule has 16 rings (SSSR count). The predicted molar refractivity (Wildman–Crippen MR) is 528 cm³/mol. The molecule has 134 heavy (non-hydrogen) atoms. The Bertz CT molecular complexity index is 6150. The number of alkyl halides is 6. The first-order chi connectivity index (χ1) is 63.8. The third-order valence-corrected chi connectivity index (χ3v) is 27.3. The van der Waals surface area contributed by atoms with Crippen LogP contribution >= 0.6 is 125 Å². The minimum atomic E-state index is -4.57. The van der Waals surface area contributed by atoms with E-state index in [0.29, 0.717) is 115 Å². The molecule has 0 bridgehead atoms. The summed E-state index contributed by atoms with van der Waals surface area (Å²) in [5, 5.41) is 47.9. The van der Waals surface area contributed by atoms with E-state index in [0.717, 1.165) is 108 Å². The van der Waals surface area contributed by atoms with Crippen LogP contribution in [0.4, 0.5) is 49.1 Å². The van der Waals surface area contributed by atoms with E-state index in [4.69, 9.17) is 92.8 Å². The van der Waals surface area contributed by atoms with Gasteiger partial charge in [0.05, 0.1) is 78.1 Å². The maximum Gasteiger partial charge on any atom is 0.416 e. The number of halogens is 16. The fourth-order valence-corrected chi connectivity index (χ4v) is 19.5. The van der Waals surface area contributed by atoms with Gasteiger partial charge in [0.25, 0.3) is 23.6 Å². The van der Waals surface area contributed by atoms with Crippen molar-refractivity contribution >= 4 is 171 Å². The second kappa shape index (κ2) is 45.1. The molecular formula is C102H92Br2Cl8F6N8O8. The Kier molecular flexibility index (Phi) is 34.3. The zero-order chi connectivity index (χ0) is 96.3. The zero-order valence-electron chi connectivity index (χ0n) is 72.6. The fourth-order valence-electron chi connectivity index (χ4n) is 16.7. The molecule has 4 amide bonds. The smallest absolute Gasteiger partial charge is 0.378 e. The van der Waals surface area contributed by atoms with E-state index in [2.05, 4.69) is 51.5 Å². The molecule has 12 aromatic rings. The van der Waals surface area contributed by atoms with Crippen molar-refractivity contribution in [3.8, 4) is 0 Å². The van der Waals surface area contributed by atoms with Gasteiger partial charge in [-0.05, 0) is 228 Å². The quantitative estimate of drug-likeness (QED) is 0.0675. The molecular weight excluding hydrogens is 2020 g/mol. The molecule has 4 saturated heterocycles. The lowest BCUT2D eigenvalue weighted by molar-refractivity contribution is -0.142. The Labute approximate surface area is 830 Å². The van der Waals surface area contributed by atoms with Gasteiger partial charge in [0.15, 0.2) is 24.4 Å². The number of piperazine rings is 4. The summed E-state index contributed by atoms with van der Waals surface area (Å²) in [5.74, 6) is -1.85. The molecule has 32 heteroatoms. The number of aliphatic hydroxyl groups excluding tert-OH is 4. The van der Waals surface area contributed by atoms with Crippen molar-refractivity contribution < 1.29 is 65.9 Å². The number of aryl methyl sites for hydroxylation is 4. The fraction of sp³-hybridized carbons (Fsp3) is 0.255. The highest BCUT2D eigenvalue weighted by Gasteiger charge is 2.42. The number of aliphatic hydroxyl groups is 4. The Hall–Kier alpha value is -9.58. The first-order valence-electron chi connectivity index (χ1n) is 42.6. The van der Waals surface area contributed by atoms with Gasteiger partial charge in [-0.1, -0.05) is 252 Å². The number of rotatable bonds is 16. The van der Waals surface area contributed by atoms with Crippen molar-refractivity contribution in [1.82, 2.24) is 19.6 Å². The number of hydrogen-bond acceptors (Lipinski definition) is 12. The Balaban J connectivity index is 0.000000152. The molecule has 4 unspecified atom stereocenters. The number of hydrogen-bond donors (Lipinski definition) is 4. The third kappa shape index (κ3) is 25.2. The number of nitrogens with zero attached hydrogens (tertiary/aromatic N) is 8. The Morgan fingerprint density at radius 1 is 0.306 bits per heavy atom. The number of carbonyl (C=O) groups is 4. The zero-order valence-corrected chi connectivity index (χ0v) is 81.8. The van der Waals surface area contributed by atoms with E-state index < -0.39 is 59.7 Å². The SMILES string of the molecule is Cc1ccc(N2CCN(C(=O)C(O)c3ccc(C(F)(F)F)cc3)C[C@H]2c2ccc(Cl)cc2)c(Cl)c1.Cc1ccc(N2CCN(C(=O)C(O)c3cccc(Br)c3)C[C@H]2c2ccc(Cl)cc2)c(Cl)c1.Cc1ccc(N2CCN(C(=O)C(O)c3cccc(C(F)(F)F)c3)C[C@H]2c2ccc(Cl)cc2)c(Cl)c1.Cc1ccc(N2CCN(C(=O)C(O)c3ccccc3Br)C[C@H]2c2ccc(Cl)cc2)c(Cl)c1. The van der Waals surface area contributed by atoms with Crippen LogP contribution in [0.15, 0.2) is 276 Å². The number of carbonyl (C=O) groups excluding carboxylic acids is 4.